The van der Waals surface area contributed by atoms with Crippen LogP contribution in [0.2, 0.25) is 0 Å². The maximum Gasteiger partial charge on any atom is 0.320 e. The average molecular weight is 1190 g/mol. The van der Waals surface area contributed by atoms with E-state index in [0.29, 0.717) is 98.7 Å². The van der Waals surface area contributed by atoms with Crippen molar-refractivity contribution in [3.63, 3.8) is 0 Å². The van der Waals surface area contributed by atoms with Crippen molar-refractivity contribution in [1.82, 2.24) is 10.2 Å². The molecule has 0 radical (unpaired) electrons. The van der Waals surface area contributed by atoms with Crippen LogP contribution in [0.1, 0.15) is 278 Å². The zero-order valence-corrected chi connectivity index (χ0v) is 54.0. The Labute approximate surface area is 507 Å². The monoisotopic (exact) mass is 1190 g/mol. The van der Waals surface area contributed by atoms with Gasteiger partial charge in [0.05, 0.1) is 72.6 Å². The van der Waals surface area contributed by atoms with E-state index in [1.54, 1.807) is 0 Å². The van der Waals surface area contributed by atoms with Crippen molar-refractivity contribution in [3.8, 4) is 0 Å². The third kappa shape index (κ3) is 58.4. The van der Waals surface area contributed by atoms with Crippen molar-refractivity contribution in [2.24, 2.45) is 11.8 Å². The fraction of sp³-hybridized carbons (Fsp3) is 0.940. The minimum absolute atomic E-state index is 0.0688. The van der Waals surface area contributed by atoms with Gasteiger partial charge in [0.2, 0.25) is 5.91 Å². The van der Waals surface area contributed by atoms with Crippen LogP contribution in [0.3, 0.4) is 0 Å². The molecule has 0 fully saturated rings. The molecule has 3 unspecified atom stereocenters. The van der Waals surface area contributed by atoms with Crippen LogP contribution in [0.5, 0.6) is 0 Å². The predicted molar refractivity (Wildman–Crippen MR) is 336 cm³/mol. The van der Waals surface area contributed by atoms with Gasteiger partial charge in [0, 0.05) is 26.4 Å². The molecule has 0 aliphatic heterocycles. The summed E-state index contributed by atoms with van der Waals surface area (Å²) in [5.74, 6) is -2.21. The topological polar surface area (TPSA) is 209 Å². The summed E-state index contributed by atoms with van der Waals surface area (Å²) < 4.78 is 40.6. The molecule has 4 N–H and O–H groups in total. The maximum atomic E-state index is 12.8. The first-order chi connectivity index (χ1) is 40.6. The molecule has 83 heavy (non-hydrogen) atoms. The van der Waals surface area contributed by atoms with E-state index in [9.17, 15) is 24.3 Å². The number of hydrogen-bond acceptors (Lipinski definition) is 12. The lowest BCUT2D eigenvalue weighted by atomic mass is 9.90. The number of carbonyl (C=O) groups excluding carboxylic acids is 1. The second kappa shape index (κ2) is 64.0. The van der Waals surface area contributed by atoms with Gasteiger partial charge in [0.15, 0.2) is 0 Å². The molecular formula is C67H130N2O14. The summed E-state index contributed by atoms with van der Waals surface area (Å²) in [7, 11) is 0. The smallest absolute Gasteiger partial charge is 0.320 e. The number of carbonyl (C=O) groups is 4. The van der Waals surface area contributed by atoms with Crippen molar-refractivity contribution in [2.75, 3.05) is 106 Å². The van der Waals surface area contributed by atoms with E-state index in [4.69, 9.17) is 43.4 Å². The minimum Gasteiger partial charge on any atom is -0.480 e. The molecule has 0 saturated carbocycles. The van der Waals surface area contributed by atoms with E-state index >= 15 is 0 Å². The van der Waals surface area contributed by atoms with Crippen molar-refractivity contribution in [2.45, 2.75) is 290 Å². The molecule has 16 heteroatoms. The molecule has 0 aromatic rings. The number of hydrogen-bond donors (Lipinski definition) is 4. The van der Waals surface area contributed by atoms with Crippen LogP contribution in [0.25, 0.3) is 0 Å². The Kier molecular flexibility index (Phi) is 62.2. The lowest BCUT2D eigenvalue weighted by Crippen LogP contribution is -2.46. The molecule has 3 atom stereocenters. The Morgan fingerprint density at radius 2 is 0.675 bits per heavy atom. The van der Waals surface area contributed by atoms with Crippen LogP contribution >= 0.6 is 0 Å². The van der Waals surface area contributed by atoms with Gasteiger partial charge < -0.3 is 53.8 Å². The Morgan fingerprint density at radius 1 is 0.361 bits per heavy atom. The lowest BCUT2D eigenvalue weighted by molar-refractivity contribution is -0.149. The summed E-state index contributed by atoms with van der Waals surface area (Å²) >= 11 is 0. The number of rotatable bonds is 70. The molecule has 0 aromatic carbocycles. The molecule has 0 heterocycles. The molecule has 16 nitrogen and oxygen atoms in total. The van der Waals surface area contributed by atoms with E-state index in [1.807, 2.05) is 0 Å². The van der Waals surface area contributed by atoms with Crippen molar-refractivity contribution in [3.05, 3.63) is 0 Å². The van der Waals surface area contributed by atoms with E-state index in [-0.39, 0.29) is 25.0 Å². The second-order valence-electron chi connectivity index (χ2n) is 23.6. The van der Waals surface area contributed by atoms with Gasteiger partial charge in [-0.3, -0.25) is 24.1 Å². The van der Waals surface area contributed by atoms with Gasteiger partial charge in [-0.1, -0.05) is 246 Å². The minimum atomic E-state index is -1.29. The largest absolute Gasteiger partial charge is 0.480 e. The van der Waals surface area contributed by atoms with Gasteiger partial charge in [-0.15, -0.1) is 0 Å². The third-order valence-corrected chi connectivity index (χ3v) is 15.8. The van der Waals surface area contributed by atoms with E-state index in [1.165, 1.54) is 218 Å². The molecule has 0 aromatic heterocycles. The maximum absolute atomic E-state index is 12.8. The Hall–Kier alpha value is -2.44. The summed E-state index contributed by atoms with van der Waals surface area (Å²) in [4.78, 5) is 47.5. The summed E-state index contributed by atoms with van der Waals surface area (Å²) in [6.45, 7) is 13.3. The molecule has 0 bridgehead atoms. The quantitative estimate of drug-likeness (QED) is 0.0418. The van der Waals surface area contributed by atoms with Crippen LogP contribution in [0, 0.1) is 11.8 Å². The number of amides is 1. The third-order valence-electron chi connectivity index (χ3n) is 15.8. The molecular weight excluding hydrogens is 1060 g/mol. The van der Waals surface area contributed by atoms with Crippen LogP contribution in [-0.4, -0.2) is 162 Å². The molecule has 0 rings (SSSR count). The number of aliphatic carboxylic acids is 3. The van der Waals surface area contributed by atoms with Crippen LogP contribution < -0.4 is 5.32 Å². The second-order valence-corrected chi connectivity index (χ2v) is 23.6. The lowest BCUT2D eigenvalue weighted by Gasteiger charge is -2.25. The number of nitrogens with one attached hydrogen (secondary N) is 1. The fourth-order valence-corrected chi connectivity index (χ4v) is 10.8. The van der Waals surface area contributed by atoms with E-state index in [0.717, 1.165) is 29.6 Å². The standard InChI is InChI=1S/C67H130N2O14/c1-5-9-13-15-17-23-29-39-60(37-11-7-3)41-31-25-19-21-27-34-46-81-57-62(58-82-47-35-28-22-20-26-32-42-61(38-12-8-4)40-30-24-18-16-14-10-6-2)83-59-64(70)68-44-48-78-50-52-80-54-53-79-51-49-77-45-36-33-43-63(67(75)76)69(55-65(71)72)56-66(73)74/h60-63H,5-59H2,1-4H3,(H,68,70)(H,71,72)(H,73,74)(H,75,76). The predicted octanol–water partition coefficient (Wildman–Crippen LogP) is 15.0. The van der Waals surface area contributed by atoms with Gasteiger partial charge in [-0.25, -0.2) is 0 Å². The van der Waals surface area contributed by atoms with Crippen LogP contribution in [0.4, 0.5) is 0 Å². The van der Waals surface area contributed by atoms with E-state index < -0.39 is 37.0 Å². The average Bonchev–Trinajstić information content (AvgIpc) is 3.52. The number of carboxylic acids is 3. The molecule has 0 aliphatic carbocycles. The van der Waals surface area contributed by atoms with Crippen molar-refractivity contribution >= 4 is 23.8 Å². The Morgan fingerprint density at radius 3 is 1.06 bits per heavy atom. The van der Waals surface area contributed by atoms with Gasteiger partial charge in [-0.05, 0) is 43.9 Å². The molecule has 0 spiro atoms. The highest BCUT2D eigenvalue weighted by atomic mass is 16.6. The van der Waals surface area contributed by atoms with Gasteiger partial charge in [-0.2, -0.15) is 0 Å². The van der Waals surface area contributed by atoms with Gasteiger partial charge >= 0.3 is 17.9 Å². The number of ether oxygens (including phenoxy) is 7. The highest BCUT2D eigenvalue weighted by molar-refractivity contribution is 5.78. The normalized spacial score (nSPS) is 13.2. The molecule has 492 valence electrons. The first kappa shape index (κ1) is 80.6. The first-order valence-corrected chi connectivity index (χ1v) is 34.3. The highest BCUT2D eigenvalue weighted by Gasteiger charge is 2.28. The molecule has 0 aliphatic rings. The van der Waals surface area contributed by atoms with Crippen molar-refractivity contribution in [1.29, 1.82) is 0 Å². The Balaban J connectivity index is 4.51. The van der Waals surface area contributed by atoms with Gasteiger partial charge in [0.25, 0.3) is 0 Å². The highest BCUT2D eigenvalue weighted by Crippen LogP contribution is 2.26. The Bertz CT molecular complexity index is 1350. The number of carboxylic acid groups (broad SMARTS) is 3. The summed E-state index contributed by atoms with van der Waals surface area (Å²) in [5, 5.41) is 30.5. The first-order valence-electron chi connectivity index (χ1n) is 34.3. The van der Waals surface area contributed by atoms with Crippen molar-refractivity contribution < 1.29 is 67.7 Å². The zero-order chi connectivity index (χ0) is 60.7. The van der Waals surface area contributed by atoms with Crippen LogP contribution in [0.15, 0.2) is 0 Å². The summed E-state index contributed by atoms with van der Waals surface area (Å²) in [5.41, 5.74) is 0. The zero-order valence-electron chi connectivity index (χ0n) is 54.0. The summed E-state index contributed by atoms with van der Waals surface area (Å²) in [6.07, 6.45) is 49.1. The fourth-order valence-electron chi connectivity index (χ4n) is 10.8. The van der Waals surface area contributed by atoms with E-state index in [2.05, 4.69) is 33.0 Å². The van der Waals surface area contributed by atoms with Crippen LogP contribution in [-0.2, 0) is 52.3 Å². The molecule has 1 amide bonds. The SMILES string of the molecule is CCCCCCCCCC(CCCC)CCCCCCCCOCC(COCCCCCCCCC(CCCC)CCCCCCCCC)OCC(=O)NCCOCCOCCOCCOCCCCC(C(=O)O)N(CC(=O)O)CC(=O)O. The summed E-state index contributed by atoms with van der Waals surface area (Å²) in [6, 6.07) is -1.21. The number of unbranched alkanes of at least 4 members (excludes halogenated alkanes) is 25. The number of nitrogens with zero attached hydrogens (tertiary/aromatic N) is 1. The van der Waals surface area contributed by atoms with Gasteiger partial charge in [0.1, 0.15) is 18.8 Å². The molecule has 0 saturated heterocycles.